The molecule has 2 aromatic heterocycles. The summed E-state index contributed by atoms with van der Waals surface area (Å²) in [6.07, 6.45) is 6.29. The van der Waals surface area contributed by atoms with Gasteiger partial charge in [-0.05, 0) is 32.9 Å². The van der Waals surface area contributed by atoms with Crippen LogP contribution in [0.3, 0.4) is 0 Å². The van der Waals surface area contributed by atoms with E-state index in [9.17, 15) is 4.79 Å². The second-order valence-corrected chi connectivity index (χ2v) is 9.10. The van der Waals surface area contributed by atoms with Crippen molar-refractivity contribution in [2.75, 3.05) is 18.0 Å². The zero-order chi connectivity index (χ0) is 23.9. The Morgan fingerprint density at radius 2 is 2.03 bits per heavy atom. The quantitative estimate of drug-likeness (QED) is 0.642. The van der Waals surface area contributed by atoms with Crippen molar-refractivity contribution in [3.05, 3.63) is 74.4 Å². The molecule has 2 aliphatic rings. The average molecular weight is 488 g/mol. The third kappa shape index (κ3) is 3.88. The van der Waals surface area contributed by atoms with Crippen LogP contribution in [0.5, 0.6) is 5.88 Å². The van der Waals surface area contributed by atoms with Crippen molar-refractivity contribution < 1.29 is 4.74 Å². The predicted octanol–water partition coefficient (Wildman–Crippen LogP) is 4.42. The van der Waals surface area contributed by atoms with Gasteiger partial charge in [-0.2, -0.15) is 0 Å². The standard InChI is InChI=1S/C24H27Cl2N5O2/c1-5-17(25)19(26)18(6-2)31-15(4)29-21(14(3)23(31)32)30-12-9-24(10-13-30)20(27)16-8-7-11-28-22(16)33-24/h5-8,11,20H,2,9-10,12-13,27H2,1,3-4H3/b17-5+,19-18-. The molecule has 4 heterocycles. The average Bonchev–Trinajstić information content (AvgIpc) is 3.10. The molecule has 1 fully saturated rings. The van der Waals surface area contributed by atoms with E-state index in [0.29, 0.717) is 59.7 Å². The summed E-state index contributed by atoms with van der Waals surface area (Å²) in [4.78, 5) is 24.6. The first-order valence-electron chi connectivity index (χ1n) is 10.8. The second kappa shape index (κ2) is 8.97. The van der Waals surface area contributed by atoms with Gasteiger partial charge in [-0.25, -0.2) is 9.97 Å². The lowest BCUT2D eigenvalue weighted by Gasteiger charge is -2.41. The topological polar surface area (TPSA) is 86.3 Å². The number of pyridine rings is 1. The number of aromatic nitrogens is 3. The molecule has 2 N–H and O–H groups in total. The maximum absolute atomic E-state index is 13.4. The van der Waals surface area contributed by atoms with Gasteiger partial charge in [-0.3, -0.25) is 9.36 Å². The molecule has 0 aliphatic carbocycles. The van der Waals surface area contributed by atoms with Crippen LogP contribution in [0.15, 0.2) is 51.9 Å². The van der Waals surface area contributed by atoms with E-state index in [4.69, 9.17) is 38.7 Å². The summed E-state index contributed by atoms with van der Waals surface area (Å²) in [6.45, 7) is 10.4. The number of ether oxygens (including phenoxy) is 1. The molecule has 0 saturated carbocycles. The fourth-order valence-corrected chi connectivity index (χ4v) is 4.96. The van der Waals surface area contributed by atoms with Crippen LogP contribution in [-0.2, 0) is 0 Å². The number of piperidine rings is 1. The van der Waals surface area contributed by atoms with Crippen LogP contribution >= 0.6 is 23.2 Å². The summed E-state index contributed by atoms with van der Waals surface area (Å²) in [5, 5.41) is 0.582. The molecule has 1 unspecified atom stereocenters. The highest BCUT2D eigenvalue weighted by molar-refractivity contribution is 6.45. The Hall–Kier alpha value is -2.61. The van der Waals surface area contributed by atoms with E-state index in [1.165, 1.54) is 10.6 Å². The number of fused-ring (bicyclic) bond motifs is 1. The number of aryl methyl sites for hydroxylation is 1. The summed E-state index contributed by atoms with van der Waals surface area (Å²) < 4.78 is 7.68. The lowest BCUT2D eigenvalue weighted by molar-refractivity contribution is 0.0397. The van der Waals surface area contributed by atoms with Gasteiger partial charge < -0.3 is 15.4 Å². The number of allylic oxidation sites excluding steroid dienone is 5. The van der Waals surface area contributed by atoms with E-state index < -0.39 is 5.60 Å². The molecule has 1 spiro atoms. The molecule has 0 bridgehead atoms. The highest BCUT2D eigenvalue weighted by Gasteiger charge is 2.49. The Morgan fingerprint density at radius 1 is 1.33 bits per heavy atom. The number of hydrogen-bond donors (Lipinski definition) is 1. The summed E-state index contributed by atoms with van der Waals surface area (Å²) >= 11 is 12.6. The molecule has 0 radical (unpaired) electrons. The van der Waals surface area contributed by atoms with Crippen molar-refractivity contribution in [2.24, 2.45) is 5.73 Å². The zero-order valence-electron chi connectivity index (χ0n) is 18.9. The van der Waals surface area contributed by atoms with Crippen LogP contribution < -0.4 is 20.9 Å². The Morgan fingerprint density at radius 3 is 2.64 bits per heavy atom. The first-order chi connectivity index (χ1) is 15.7. The molecule has 2 aromatic rings. The summed E-state index contributed by atoms with van der Waals surface area (Å²) in [6, 6.07) is 3.62. The largest absolute Gasteiger partial charge is 0.469 e. The number of nitrogens with two attached hydrogens (primary N) is 1. The predicted molar refractivity (Wildman–Crippen MR) is 133 cm³/mol. The van der Waals surface area contributed by atoms with Crippen molar-refractivity contribution in [1.29, 1.82) is 0 Å². The molecule has 7 nitrogen and oxygen atoms in total. The maximum atomic E-state index is 13.4. The lowest BCUT2D eigenvalue weighted by atomic mass is 9.83. The fraction of sp³-hybridized carbons (Fsp3) is 0.375. The Balaban J connectivity index is 1.64. The van der Waals surface area contributed by atoms with E-state index in [-0.39, 0.29) is 16.6 Å². The zero-order valence-corrected chi connectivity index (χ0v) is 20.5. The smallest absolute Gasteiger partial charge is 0.263 e. The maximum Gasteiger partial charge on any atom is 0.263 e. The summed E-state index contributed by atoms with van der Waals surface area (Å²) in [7, 11) is 0. The summed E-state index contributed by atoms with van der Waals surface area (Å²) in [5.41, 5.74) is 7.73. The van der Waals surface area contributed by atoms with Crippen LogP contribution in [-0.4, -0.2) is 33.2 Å². The van der Waals surface area contributed by atoms with Gasteiger partial charge in [0.2, 0.25) is 5.88 Å². The molecule has 1 atom stereocenters. The van der Waals surface area contributed by atoms with E-state index in [1.54, 1.807) is 33.0 Å². The monoisotopic (exact) mass is 487 g/mol. The van der Waals surface area contributed by atoms with E-state index in [1.807, 2.05) is 12.1 Å². The van der Waals surface area contributed by atoms with Gasteiger partial charge in [-0.1, -0.05) is 41.9 Å². The van der Waals surface area contributed by atoms with Crippen molar-refractivity contribution >= 4 is 34.7 Å². The van der Waals surface area contributed by atoms with Crippen molar-refractivity contribution in [3.63, 3.8) is 0 Å². The highest BCUT2D eigenvalue weighted by Crippen LogP contribution is 2.46. The highest BCUT2D eigenvalue weighted by atomic mass is 35.5. The van der Waals surface area contributed by atoms with Crippen molar-refractivity contribution in [1.82, 2.24) is 14.5 Å². The van der Waals surface area contributed by atoms with Crippen LogP contribution in [0.1, 0.15) is 42.8 Å². The molecule has 1 saturated heterocycles. The van der Waals surface area contributed by atoms with Gasteiger partial charge >= 0.3 is 0 Å². The minimum absolute atomic E-state index is 0.211. The molecule has 0 aromatic carbocycles. The molecule has 9 heteroatoms. The van der Waals surface area contributed by atoms with Crippen LogP contribution in [0, 0.1) is 13.8 Å². The molecule has 2 aliphatic heterocycles. The van der Waals surface area contributed by atoms with Crippen LogP contribution in [0.4, 0.5) is 5.82 Å². The lowest BCUT2D eigenvalue weighted by Crippen LogP contribution is -2.52. The van der Waals surface area contributed by atoms with Gasteiger partial charge in [0.25, 0.3) is 5.56 Å². The Bertz CT molecular complexity index is 1230. The van der Waals surface area contributed by atoms with Gasteiger partial charge in [0.15, 0.2) is 0 Å². The van der Waals surface area contributed by atoms with Crippen molar-refractivity contribution in [2.45, 2.75) is 45.3 Å². The SMILES string of the molecule is C=C/C(=C(Cl)\C(Cl)=C/C)n1c(C)nc(N2CCC3(CC2)Oc2ncccc2C3N)c(C)c1=O. The van der Waals surface area contributed by atoms with E-state index in [0.717, 1.165) is 5.56 Å². The van der Waals surface area contributed by atoms with E-state index >= 15 is 0 Å². The number of hydrogen-bond acceptors (Lipinski definition) is 6. The Kier molecular flexibility index (Phi) is 6.40. The number of anilines is 1. The molecular weight excluding hydrogens is 461 g/mol. The molecule has 4 rings (SSSR count). The molecular formula is C24H27Cl2N5O2. The van der Waals surface area contributed by atoms with E-state index in [2.05, 4.69) is 16.5 Å². The van der Waals surface area contributed by atoms with Crippen LogP contribution in [0.25, 0.3) is 5.70 Å². The molecule has 0 amide bonds. The molecule has 33 heavy (non-hydrogen) atoms. The first-order valence-corrected chi connectivity index (χ1v) is 11.6. The van der Waals surface area contributed by atoms with Gasteiger partial charge in [0, 0.05) is 37.7 Å². The number of nitrogens with zero attached hydrogens (tertiary/aromatic N) is 4. The molecule has 174 valence electrons. The first kappa shape index (κ1) is 23.5. The summed E-state index contributed by atoms with van der Waals surface area (Å²) in [5.74, 6) is 1.77. The second-order valence-electron chi connectivity index (χ2n) is 8.32. The van der Waals surface area contributed by atoms with Crippen LogP contribution in [0.2, 0.25) is 0 Å². The van der Waals surface area contributed by atoms with Gasteiger partial charge in [0.05, 0.1) is 27.4 Å². The number of rotatable bonds is 4. The third-order valence-corrected chi connectivity index (χ3v) is 7.39. The number of halogens is 2. The normalized spacial score (nSPS) is 20.4. The van der Waals surface area contributed by atoms with Crippen molar-refractivity contribution in [3.8, 4) is 5.88 Å². The van der Waals surface area contributed by atoms with Gasteiger partial charge in [-0.15, -0.1) is 0 Å². The fourth-order valence-electron chi connectivity index (χ4n) is 4.59. The minimum atomic E-state index is -0.485. The minimum Gasteiger partial charge on any atom is -0.469 e. The Labute approximate surface area is 203 Å². The van der Waals surface area contributed by atoms with Gasteiger partial charge in [0.1, 0.15) is 17.2 Å². The third-order valence-electron chi connectivity index (χ3n) is 6.48.